The second kappa shape index (κ2) is 5.32. The van der Waals surface area contributed by atoms with Gasteiger partial charge in [0.05, 0.1) is 11.2 Å². The predicted octanol–water partition coefficient (Wildman–Crippen LogP) is 2.58. The van der Waals surface area contributed by atoms with Crippen LogP contribution in [0.1, 0.15) is 26.0 Å². The Balaban J connectivity index is 2.28. The van der Waals surface area contributed by atoms with Crippen molar-refractivity contribution in [2.24, 2.45) is 11.7 Å². The summed E-state index contributed by atoms with van der Waals surface area (Å²) < 4.78 is 2.08. The van der Waals surface area contributed by atoms with Crippen LogP contribution in [0.5, 0.6) is 0 Å². The number of aryl methyl sites for hydroxylation is 2. The van der Waals surface area contributed by atoms with Crippen molar-refractivity contribution in [3.05, 3.63) is 30.0 Å². The maximum absolute atomic E-state index is 5.65. The molecule has 2 rings (SSSR count). The minimum Gasteiger partial charge on any atom is -0.330 e. The number of nitrogens with two attached hydrogens (primary N) is 1. The topological polar surface area (TPSA) is 43.8 Å². The molecule has 0 saturated heterocycles. The average Bonchev–Trinajstić information content (AvgIpc) is 2.74. The Hall–Kier alpha value is -1.35. The number of nitrogens with zero attached hydrogens (tertiary/aromatic N) is 2. The van der Waals surface area contributed by atoms with E-state index in [-0.39, 0.29) is 0 Å². The highest BCUT2D eigenvalue weighted by Crippen LogP contribution is 2.20. The van der Waals surface area contributed by atoms with Crippen LogP contribution in [0.2, 0.25) is 0 Å². The molecule has 1 heterocycles. The number of aromatic nitrogens is 2. The Labute approximate surface area is 103 Å². The summed E-state index contributed by atoms with van der Waals surface area (Å²) >= 11 is 0. The van der Waals surface area contributed by atoms with Gasteiger partial charge >= 0.3 is 0 Å². The van der Waals surface area contributed by atoms with Gasteiger partial charge in [0.1, 0.15) is 0 Å². The molecule has 1 atom stereocenters. The third-order valence-corrected chi connectivity index (χ3v) is 3.31. The van der Waals surface area contributed by atoms with Gasteiger partial charge in [-0.05, 0) is 38.3 Å². The van der Waals surface area contributed by atoms with Crippen molar-refractivity contribution >= 4 is 10.9 Å². The largest absolute Gasteiger partial charge is 0.330 e. The van der Waals surface area contributed by atoms with Gasteiger partial charge in [0.2, 0.25) is 0 Å². The molecule has 1 unspecified atom stereocenters. The molecule has 1 aromatic carbocycles. The van der Waals surface area contributed by atoms with E-state index in [4.69, 9.17) is 5.73 Å². The van der Waals surface area contributed by atoms with Crippen molar-refractivity contribution in [2.45, 2.75) is 33.2 Å². The summed E-state index contributed by atoms with van der Waals surface area (Å²) in [4.78, 5) is 0. The number of hydrogen-bond donors (Lipinski definition) is 1. The molecule has 2 aromatic rings. The van der Waals surface area contributed by atoms with Crippen molar-refractivity contribution in [2.75, 3.05) is 6.54 Å². The van der Waals surface area contributed by atoms with Gasteiger partial charge < -0.3 is 5.73 Å². The van der Waals surface area contributed by atoms with Crippen LogP contribution in [-0.4, -0.2) is 16.3 Å². The molecule has 0 amide bonds. The highest BCUT2D eigenvalue weighted by Gasteiger charge is 2.09. The Bertz CT molecular complexity index is 487. The molecule has 0 radical (unpaired) electrons. The van der Waals surface area contributed by atoms with E-state index < -0.39 is 0 Å². The Morgan fingerprint density at radius 3 is 2.82 bits per heavy atom. The van der Waals surface area contributed by atoms with Crippen molar-refractivity contribution in [1.29, 1.82) is 0 Å². The maximum Gasteiger partial charge on any atom is 0.0703 e. The van der Waals surface area contributed by atoms with Crippen molar-refractivity contribution in [3.8, 4) is 0 Å². The number of fused-ring (bicyclic) bond motifs is 1. The summed E-state index contributed by atoms with van der Waals surface area (Å²) in [5.74, 6) is 0.570. The SMILES string of the molecule is CCn1nc(CCC(C)CN)c2ccccc21. The van der Waals surface area contributed by atoms with Crippen LogP contribution in [0.3, 0.4) is 0 Å². The monoisotopic (exact) mass is 231 g/mol. The smallest absolute Gasteiger partial charge is 0.0703 e. The Morgan fingerprint density at radius 2 is 2.12 bits per heavy atom. The molecule has 0 spiro atoms. The number of hydrogen-bond acceptors (Lipinski definition) is 2. The van der Waals surface area contributed by atoms with E-state index in [1.807, 2.05) is 0 Å². The molecule has 0 fully saturated rings. The van der Waals surface area contributed by atoms with Crippen LogP contribution in [0, 0.1) is 5.92 Å². The van der Waals surface area contributed by atoms with Gasteiger partial charge in [-0.1, -0.05) is 25.1 Å². The summed E-state index contributed by atoms with van der Waals surface area (Å²) in [6, 6.07) is 8.46. The first-order valence-electron chi connectivity index (χ1n) is 6.40. The first-order valence-corrected chi connectivity index (χ1v) is 6.40. The predicted molar refractivity (Wildman–Crippen MR) is 71.9 cm³/mol. The summed E-state index contributed by atoms with van der Waals surface area (Å²) in [5.41, 5.74) is 8.11. The third-order valence-electron chi connectivity index (χ3n) is 3.31. The third kappa shape index (κ3) is 2.50. The van der Waals surface area contributed by atoms with Crippen LogP contribution >= 0.6 is 0 Å². The van der Waals surface area contributed by atoms with E-state index in [1.165, 1.54) is 16.6 Å². The molecule has 0 bridgehead atoms. The molecule has 0 aliphatic rings. The zero-order chi connectivity index (χ0) is 12.3. The van der Waals surface area contributed by atoms with Crippen LogP contribution in [-0.2, 0) is 13.0 Å². The fraction of sp³-hybridized carbons (Fsp3) is 0.500. The zero-order valence-electron chi connectivity index (χ0n) is 10.7. The highest BCUT2D eigenvalue weighted by atomic mass is 15.3. The molecule has 0 saturated carbocycles. The molecule has 92 valence electrons. The van der Waals surface area contributed by atoms with Crippen LogP contribution in [0.25, 0.3) is 10.9 Å². The highest BCUT2D eigenvalue weighted by molar-refractivity contribution is 5.81. The quantitative estimate of drug-likeness (QED) is 0.859. The second-order valence-corrected chi connectivity index (χ2v) is 4.66. The Kier molecular flexibility index (Phi) is 3.79. The van der Waals surface area contributed by atoms with E-state index in [2.05, 4.69) is 47.9 Å². The number of benzene rings is 1. The normalized spacial score (nSPS) is 13.1. The fourth-order valence-corrected chi connectivity index (χ4v) is 2.12. The number of rotatable bonds is 5. The molecule has 3 nitrogen and oxygen atoms in total. The fourth-order valence-electron chi connectivity index (χ4n) is 2.12. The van der Waals surface area contributed by atoms with Gasteiger partial charge in [-0.2, -0.15) is 5.10 Å². The maximum atomic E-state index is 5.65. The zero-order valence-corrected chi connectivity index (χ0v) is 10.7. The van der Waals surface area contributed by atoms with Gasteiger partial charge in [0.15, 0.2) is 0 Å². The van der Waals surface area contributed by atoms with Gasteiger partial charge in [-0.25, -0.2) is 0 Å². The summed E-state index contributed by atoms with van der Waals surface area (Å²) in [5, 5.41) is 5.98. The lowest BCUT2D eigenvalue weighted by Crippen LogP contribution is -2.11. The van der Waals surface area contributed by atoms with Crippen molar-refractivity contribution < 1.29 is 0 Å². The van der Waals surface area contributed by atoms with Crippen LogP contribution < -0.4 is 5.73 Å². The molecular formula is C14H21N3. The summed E-state index contributed by atoms with van der Waals surface area (Å²) in [6.07, 6.45) is 2.13. The lowest BCUT2D eigenvalue weighted by molar-refractivity contribution is 0.536. The molecule has 0 aliphatic carbocycles. The van der Waals surface area contributed by atoms with E-state index in [0.29, 0.717) is 5.92 Å². The molecule has 1 aromatic heterocycles. The van der Waals surface area contributed by atoms with Crippen LogP contribution in [0.15, 0.2) is 24.3 Å². The minimum absolute atomic E-state index is 0.570. The lowest BCUT2D eigenvalue weighted by Gasteiger charge is -2.05. The summed E-state index contributed by atoms with van der Waals surface area (Å²) in [7, 11) is 0. The first-order chi connectivity index (χ1) is 8.26. The van der Waals surface area contributed by atoms with Crippen LogP contribution in [0.4, 0.5) is 0 Å². The van der Waals surface area contributed by atoms with E-state index in [9.17, 15) is 0 Å². The first kappa shape index (κ1) is 12.1. The van der Waals surface area contributed by atoms with Crippen molar-refractivity contribution in [1.82, 2.24) is 9.78 Å². The number of para-hydroxylation sites is 1. The molecular weight excluding hydrogens is 210 g/mol. The van der Waals surface area contributed by atoms with E-state index in [1.54, 1.807) is 0 Å². The lowest BCUT2D eigenvalue weighted by atomic mass is 10.0. The van der Waals surface area contributed by atoms with Gasteiger partial charge in [0, 0.05) is 11.9 Å². The van der Waals surface area contributed by atoms with Gasteiger partial charge in [-0.3, -0.25) is 4.68 Å². The van der Waals surface area contributed by atoms with E-state index >= 15 is 0 Å². The van der Waals surface area contributed by atoms with Crippen molar-refractivity contribution in [3.63, 3.8) is 0 Å². The minimum atomic E-state index is 0.570. The average molecular weight is 231 g/mol. The molecule has 0 aliphatic heterocycles. The van der Waals surface area contributed by atoms with Gasteiger partial charge in [0.25, 0.3) is 0 Å². The molecule has 2 N–H and O–H groups in total. The van der Waals surface area contributed by atoms with E-state index in [0.717, 1.165) is 25.9 Å². The second-order valence-electron chi connectivity index (χ2n) is 4.66. The van der Waals surface area contributed by atoms with Gasteiger partial charge in [-0.15, -0.1) is 0 Å². The molecule has 17 heavy (non-hydrogen) atoms. The standard InChI is InChI=1S/C14H21N3/c1-3-17-14-7-5-4-6-12(14)13(16-17)9-8-11(2)10-15/h4-7,11H,3,8-10,15H2,1-2H3. The molecule has 3 heteroatoms. The summed E-state index contributed by atoms with van der Waals surface area (Å²) in [6.45, 7) is 6.00. The Morgan fingerprint density at radius 1 is 1.35 bits per heavy atom.